The van der Waals surface area contributed by atoms with Crippen LogP contribution in [0.2, 0.25) is 0 Å². The smallest absolute Gasteiger partial charge is 0.0785 e. The van der Waals surface area contributed by atoms with Crippen LogP contribution in [0.1, 0.15) is 60.0 Å². The highest BCUT2D eigenvalue weighted by molar-refractivity contribution is 5.28. The molecule has 0 spiro atoms. The number of hydrogen-bond acceptors (Lipinski definition) is 2. The van der Waals surface area contributed by atoms with Crippen LogP contribution in [0.15, 0.2) is 121 Å². The zero-order chi connectivity index (χ0) is 24.8. The molecule has 2 nitrogen and oxygen atoms in total. The standard InChI is InChI=1S/C16H18.C14H16N2.CH3F/c1-13(15-9-5-3-6-10-15)14(2)16-11-7-4-8-12-16;15-13(11-7-3-1-4-8-11)14(16)12-9-5-2-6-10-12;1-2/h3-14H,1-2H3;1-10,13-14H,15-16H2;1H3/t2*13-,14-;/m10./s1. The Hall–Kier alpha value is -3.27. The van der Waals surface area contributed by atoms with E-state index in [1.54, 1.807) is 0 Å². The molecule has 0 fully saturated rings. The van der Waals surface area contributed by atoms with Gasteiger partial charge in [-0.15, -0.1) is 0 Å². The van der Waals surface area contributed by atoms with Gasteiger partial charge in [-0.1, -0.05) is 135 Å². The molecule has 34 heavy (non-hydrogen) atoms. The molecule has 178 valence electrons. The van der Waals surface area contributed by atoms with Crippen LogP contribution < -0.4 is 11.5 Å². The molecular formula is C31H37FN2. The van der Waals surface area contributed by atoms with Crippen molar-refractivity contribution < 1.29 is 4.39 Å². The highest BCUT2D eigenvalue weighted by Crippen LogP contribution is 2.31. The Kier molecular flexibility index (Phi) is 11.7. The van der Waals surface area contributed by atoms with Crippen LogP contribution in [0.3, 0.4) is 0 Å². The quantitative estimate of drug-likeness (QED) is 0.314. The van der Waals surface area contributed by atoms with E-state index in [-0.39, 0.29) is 12.1 Å². The maximum atomic E-state index is 9.50. The maximum Gasteiger partial charge on any atom is 0.0785 e. The van der Waals surface area contributed by atoms with Crippen LogP contribution in [0, 0.1) is 0 Å². The Bertz CT molecular complexity index is 850. The van der Waals surface area contributed by atoms with Crippen molar-refractivity contribution in [3.8, 4) is 0 Å². The minimum absolute atomic E-state index is 0.163. The molecule has 4 N–H and O–H groups in total. The molecule has 0 saturated heterocycles. The van der Waals surface area contributed by atoms with Gasteiger partial charge >= 0.3 is 0 Å². The fourth-order valence-corrected chi connectivity index (χ4v) is 3.86. The summed E-state index contributed by atoms with van der Waals surface area (Å²) in [6.45, 7) is 4.60. The van der Waals surface area contributed by atoms with E-state index < -0.39 is 0 Å². The van der Waals surface area contributed by atoms with Crippen molar-refractivity contribution in [2.45, 2.75) is 37.8 Å². The van der Waals surface area contributed by atoms with Gasteiger partial charge in [0.25, 0.3) is 0 Å². The van der Waals surface area contributed by atoms with E-state index in [0.29, 0.717) is 19.0 Å². The molecule has 0 aliphatic heterocycles. The van der Waals surface area contributed by atoms with Crippen LogP contribution in [0.25, 0.3) is 0 Å². The first-order valence-corrected chi connectivity index (χ1v) is 11.7. The van der Waals surface area contributed by atoms with E-state index in [4.69, 9.17) is 11.5 Å². The summed E-state index contributed by atoms with van der Waals surface area (Å²) < 4.78 is 9.50. The molecule has 4 aromatic rings. The third-order valence-electron chi connectivity index (χ3n) is 6.16. The van der Waals surface area contributed by atoms with Crippen LogP contribution in [0.5, 0.6) is 0 Å². The first kappa shape index (κ1) is 27.0. The molecule has 4 atom stereocenters. The van der Waals surface area contributed by atoms with Gasteiger partial charge in [-0.05, 0) is 34.1 Å². The average Bonchev–Trinajstić information content (AvgIpc) is 2.94. The first-order chi connectivity index (χ1) is 16.6. The maximum absolute atomic E-state index is 9.50. The predicted octanol–water partition coefficient (Wildman–Crippen LogP) is 7.57. The molecule has 0 aromatic heterocycles. The molecule has 0 radical (unpaired) electrons. The fourth-order valence-electron chi connectivity index (χ4n) is 3.86. The van der Waals surface area contributed by atoms with Crippen LogP contribution in [-0.4, -0.2) is 7.18 Å². The molecular weight excluding hydrogens is 419 g/mol. The first-order valence-electron chi connectivity index (χ1n) is 11.7. The SMILES string of the molecule is CF.C[C@@H](c1ccccc1)[C@@H](C)c1ccccc1.N[C@@H](c1ccccc1)[C@@H](N)c1ccccc1. The summed E-state index contributed by atoms with van der Waals surface area (Å²) in [5.74, 6) is 1.12. The number of halogens is 1. The lowest BCUT2D eigenvalue weighted by atomic mass is 9.84. The minimum Gasteiger partial charge on any atom is -0.322 e. The van der Waals surface area contributed by atoms with Crippen LogP contribution in [0.4, 0.5) is 4.39 Å². The van der Waals surface area contributed by atoms with Gasteiger partial charge in [-0.2, -0.15) is 0 Å². The third-order valence-corrected chi connectivity index (χ3v) is 6.16. The van der Waals surface area contributed by atoms with Crippen molar-refractivity contribution in [2.24, 2.45) is 11.5 Å². The molecule has 0 amide bonds. The van der Waals surface area contributed by atoms with E-state index in [1.165, 1.54) is 11.1 Å². The summed E-state index contributed by atoms with van der Waals surface area (Å²) >= 11 is 0. The van der Waals surface area contributed by atoms with Gasteiger partial charge in [0.05, 0.1) is 7.18 Å². The largest absolute Gasteiger partial charge is 0.322 e. The van der Waals surface area contributed by atoms with Gasteiger partial charge in [-0.3, -0.25) is 4.39 Å². The molecule has 0 bridgehead atoms. The fraction of sp³-hybridized carbons (Fsp3) is 0.226. The molecule has 0 aliphatic rings. The zero-order valence-corrected chi connectivity index (χ0v) is 20.4. The van der Waals surface area contributed by atoms with E-state index in [9.17, 15) is 4.39 Å². The summed E-state index contributed by atoms with van der Waals surface area (Å²) in [6.07, 6.45) is 0. The number of alkyl halides is 1. The molecule has 4 rings (SSSR count). The molecule has 0 saturated carbocycles. The van der Waals surface area contributed by atoms with Gasteiger partial charge in [0.1, 0.15) is 0 Å². The van der Waals surface area contributed by atoms with Gasteiger partial charge in [0, 0.05) is 12.1 Å². The lowest BCUT2D eigenvalue weighted by Crippen LogP contribution is -2.26. The van der Waals surface area contributed by atoms with Crippen LogP contribution in [-0.2, 0) is 0 Å². The second-order valence-electron chi connectivity index (χ2n) is 8.27. The monoisotopic (exact) mass is 456 g/mol. The van der Waals surface area contributed by atoms with Crippen molar-refractivity contribution >= 4 is 0 Å². The van der Waals surface area contributed by atoms with Crippen molar-refractivity contribution in [3.05, 3.63) is 144 Å². The summed E-state index contributed by atoms with van der Waals surface area (Å²) in [6, 6.07) is 41.0. The molecule has 0 heterocycles. The lowest BCUT2D eigenvalue weighted by molar-refractivity contribution is 0.574. The van der Waals surface area contributed by atoms with E-state index in [1.807, 2.05) is 60.7 Å². The Morgan fingerprint density at radius 1 is 0.412 bits per heavy atom. The zero-order valence-electron chi connectivity index (χ0n) is 20.4. The summed E-state index contributed by atoms with van der Waals surface area (Å²) in [4.78, 5) is 0. The lowest BCUT2D eigenvalue weighted by Gasteiger charge is -2.20. The molecule has 0 unspecified atom stereocenters. The van der Waals surface area contributed by atoms with Crippen molar-refractivity contribution in [3.63, 3.8) is 0 Å². The topological polar surface area (TPSA) is 52.0 Å². The van der Waals surface area contributed by atoms with E-state index >= 15 is 0 Å². The third kappa shape index (κ3) is 7.95. The number of nitrogens with two attached hydrogens (primary N) is 2. The predicted molar refractivity (Wildman–Crippen MR) is 143 cm³/mol. The Morgan fingerprint density at radius 3 is 0.853 bits per heavy atom. The van der Waals surface area contributed by atoms with Crippen LogP contribution >= 0.6 is 0 Å². The minimum atomic E-state index is -0.163. The summed E-state index contributed by atoms with van der Waals surface area (Å²) in [7, 11) is 0.500. The van der Waals surface area contributed by atoms with Gasteiger partial charge in [0.2, 0.25) is 0 Å². The second-order valence-corrected chi connectivity index (χ2v) is 8.27. The van der Waals surface area contributed by atoms with Crippen molar-refractivity contribution in [1.82, 2.24) is 0 Å². The Balaban J connectivity index is 0.000000224. The number of rotatable bonds is 6. The highest BCUT2D eigenvalue weighted by atomic mass is 19.1. The van der Waals surface area contributed by atoms with Gasteiger partial charge in [-0.25, -0.2) is 0 Å². The van der Waals surface area contributed by atoms with E-state index in [0.717, 1.165) is 11.1 Å². The van der Waals surface area contributed by atoms with Gasteiger partial charge < -0.3 is 11.5 Å². The Morgan fingerprint density at radius 2 is 0.618 bits per heavy atom. The summed E-state index contributed by atoms with van der Waals surface area (Å²) in [5, 5.41) is 0. The van der Waals surface area contributed by atoms with Crippen molar-refractivity contribution in [2.75, 3.05) is 7.18 Å². The normalized spacial score (nSPS) is 13.7. The summed E-state index contributed by atoms with van der Waals surface area (Å²) in [5.41, 5.74) is 17.3. The van der Waals surface area contributed by atoms with Crippen molar-refractivity contribution in [1.29, 1.82) is 0 Å². The highest BCUT2D eigenvalue weighted by Gasteiger charge is 2.16. The number of hydrogen-bond donors (Lipinski definition) is 2. The van der Waals surface area contributed by atoms with Gasteiger partial charge in [0.15, 0.2) is 0 Å². The molecule has 3 heteroatoms. The average molecular weight is 457 g/mol. The number of benzene rings is 4. The second kappa shape index (κ2) is 14.8. The molecule has 4 aromatic carbocycles. The van der Waals surface area contributed by atoms with E-state index in [2.05, 4.69) is 74.5 Å². The Labute approximate surface area is 204 Å². The molecule has 0 aliphatic carbocycles.